The summed E-state index contributed by atoms with van der Waals surface area (Å²) in [5.74, 6) is -0.0816. The molecule has 0 spiro atoms. The van der Waals surface area contributed by atoms with Crippen molar-refractivity contribution in [3.05, 3.63) is 34.9 Å². The van der Waals surface area contributed by atoms with E-state index < -0.39 is 5.54 Å². The van der Waals surface area contributed by atoms with Crippen molar-refractivity contribution in [3.8, 4) is 0 Å². The molecule has 0 aromatic heterocycles. The summed E-state index contributed by atoms with van der Waals surface area (Å²) < 4.78 is 0. The van der Waals surface area contributed by atoms with Crippen molar-refractivity contribution in [1.29, 1.82) is 0 Å². The fourth-order valence-electron chi connectivity index (χ4n) is 2.38. The third-order valence-corrected chi connectivity index (χ3v) is 3.53. The van der Waals surface area contributed by atoms with Crippen molar-refractivity contribution in [2.75, 3.05) is 0 Å². The summed E-state index contributed by atoms with van der Waals surface area (Å²) in [5.41, 5.74) is 8.83. The van der Waals surface area contributed by atoms with Gasteiger partial charge in [0.2, 0.25) is 5.91 Å². The summed E-state index contributed by atoms with van der Waals surface area (Å²) in [6, 6.07) is 6.25. The molecule has 0 aliphatic rings. The number of carbonyl (C=O) groups is 1. The Morgan fingerprint density at radius 2 is 2.05 bits per heavy atom. The molecule has 0 aliphatic heterocycles. The molecule has 1 aromatic rings. The number of nitrogens with two attached hydrogens (primary N) is 1. The molecule has 0 fully saturated rings. The van der Waals surface area contributed by atoms with Gasteiger partial charge in [-0.2, -0.15) is 0 Å². The van der Waals surface area contributed by atoms with Gasteiger partial charge in [-0.3, -0.25) is 4.79 Å². The molecule has 3 N–H and O–H groups in total. The summed E-state index contributed by atoms with van der Waals surface area (Å²) in [6.45, 7) is 9.96. The van der Waals surface area contributed by atoms with E-state index in [0.717, 1.165) is 12.0 Å². The zero-order valence-electron chi connectivity index (χ0n) is 12.7. The van der Waals surface area contributed by atoms with E-state index >= 15 is 0 Å². The summed E-state index contributed by atoms with van der Waals surface area (Å²) in [6.07, 6.45) is 1.59. The van der Waals surface area contributed by atoms with Gasteiger partial charge in [-0.05, 0) is 45.2 Å². The molecule has 1 aromatic carbocycles. The molecular formula is C16H26N2O. The van der Waals surface area contributed by atoms with Crippen molar-refractivity contribution >= 4 is 5.91 Å². The molecule has 1 amide bonds. The first kappa shape index (κ1) is 15.7. The topological polar surface area (TPSA) is 55.1 Å². The maximum Gasteiger partial charge on any atom is 0.240 e. The van der Waals surface area contributed by atoms with E-state index in [1.807, 2.05) is 13.8 Å². The third kappa shape index (κ3) is 4.06. The van der Waals surface area contributed by atoms with Crippen molar-refractivity contribution in [2.24, 2.45) is 5.73 Å². The van der Waals surface area contributed by atoms with E-state index in [2.05, 4.69) is 37.4 Å². The first-order valence-corrected chi connectivity index (χ1v) is 6.95. The van der Waals surface area contributed by atoms with Gasteiger partial charge in [0, 0.05) is 0 Å². The van der Waals surface area contributed by atoms with Crippen LogP contribution in [0.25, 0.3) is 0 Å². The van der Waals surface area contributed by atoms with Crippen LogP contribution in [0.4, 0.5) is 0 Å². The molecule has 3 heteroatoms. The van der Waals surface area contributed by atoms with Crippen LogP contribution in [0.2, 0.25) is 0 Å². The number of benzene rings is 1. The molecule has 0 aliphatic carbocycles. The Hall–Kier alpha value is -1.35. The zero-order valence-corrected chi connectivity index (χ0v) is 12.7. The monoisotopic (exact) mass is 262 g/mol. The minimum atomic E-state index is -0.790. The molecule has 0 saturated carbocycles. The summed E-state index contributed by atoms with van der Waals surface area (Å²) >= 11 is 0. The quantitative estimate of drug-likeness (QED) is 0.857. The Balaban J connectivity index is 2.79. The van der Waals surface area contributed by atoms with E-state index in [-0.39, 0.29) is 11.9 Å². The van der Waals surface area contributed by atoms with Gasteiger partial charge in [-0.25, -0.2) is 0 Å². The van der Waals surface area contributed by atoms with Crippen LogP contribution in [0.15, 0.2) is 18.2 Å². The number of aryl methyl sites for hydroxylation is 2. The predicted molar refractivity (Wildman–Crippen MR) is 80.0 cm³/mol. The lowest BCUT2D eigenvalue weighted by Gasteiger charge is -2.26. The minimum absolute atomic E-state index is 0.0205. The number of amides is 1. The lowest BCUT2D eigenvalue weighted by molar-refractivity contribution is -0.126. The zero-order chi connectivity index (χ0) is 14.6. The number of rotatable bonds is 5. The highest BCUT2D eigenvalue weighted by molar-refractivity contribution is 5.85. The average molecular weight is 262 g/mol. The number of hydrogen-bond donors (Lipinski definition) is 2. The second-order valence-corrected chi connectivity index (χ2v) is 5.72. The Labute approximate surface area is 116 Å². The van der Waals surface area contributed by atoms with Gasteiger partial charge in [0.25, 0.3) is 0 Å². The maximum absolute atomic E-state index is 12.2. The average Bonchev–Trinajstić information content (AvgIpc) is 2.28. The van der Waals surface area contributed by atoms with Gasteiger partial charge in [0.15, 0.2) is 0 Å². The summed E-state index contributed by atoms with van der Waals surface area (Å²) in [5, 5.41) is 3.02. The van der Waals surface area contributed by atoms with E-state index in [9.17, 15) is 4.79 Å². The van der Waals surface area contributed by atoms with Gasteiger partial charge in [0.05, 0.1) is 11.6 Å². The number of carbonyl (C=O) groups excluding carboxylic acids is 1. The van der Waals surface area contributed by atoms with Crippen molar-refractivity contribution in [2.45, 2.75) is 59.0 Å². The van der Waals surface area contributed by atoms with Crippen LogP contribution in [0.1, 0.15) is 56.3 Å². The minimum Gasteiger partial charge on any atom is -0.348 e. The molecule has 106 valence electrons. The first-order chi connectivity index (χ1) is 8.77. The Morgan fingerprint density at radius 1 is 1.42 bits per heavy atom. The molecular weight excluding hydrogens is 236 g/mol. The van der Waals surface area contributed by atoms with E-state index in [4.69, 9.17) is 5.73 Å². The molecule has 2 unspecified atom stereocenters. The summed E-state index contributed by atoms with van der Waals surface area (Å²) in [4.78, 5) is 12.2. The Morgan fingerprint density at radius 3 is 2.58 bits per heavy atom. The predicted octanol–water partition coefficient (Wildman–Crippen LogP) is 3.00. The Bertz CT molecular complexity index is 452. The van der Waals surface area contributed by atoms with Crippen LogP contribution in [0, 0.1) is 13.8 Å². The van der Waals surface area contributed by atoms with Gasteiger partial charge in [-0.1, -0.05) is 37.1 Å². The highest BCUT2D eigenvalue weighted by Gasteiger charge is 2.28. The van der Waals surface area contributed by atoms with E-state index in [0.29, 0.717) is 6.42 Å². The largest absolute Gasteiger partial charge is 0.348 e. The second-order valence-electron chi connectivity index (χ2n) is 5.72. The van der Waals surface area contributed by atoms with Crippen molar-refractivity contribution < 1.29 is 4.79 Å². The normalized spacial score (nSPS) is 15.7. The van der Waals surface area contributed by atoms with Crippen molar-refractivity contribution in [3.63, 3.8) is 0 Å². The highest BCUT2D eigenvalue weighted by atomic mass is 16.2. The number of nitrogens with one attached hydrogen (secondary N) is 1. The van der Waals surface area contributed by atoms with Gasteiger partial charge in [0.1, 0.15) is 0 Å². The van der Waals surface area contributed by atoms with Gasteiger partial charge >= 0.3 is 0 Å². The molecule has 0 heterocycles. The van der Waals surface area contributed by atoms with Crippen LogP contribution in [-0.4, -0.2) is 11.4 Å². The fraction of sp³-hybridized carbons (Fsp3) is 0.562. The molecule has 0 bridgehead atoms. The SMILES string of the molecule is CCCC(C)(N)C(=O)NC(C)c1ccc(C)cc1C. The van der Waals surface area contributed by atoms with Gasteiger partial charge < -0.3 is 11.1 Å². The van der Waals surface area contributed by atoms with Crippen LogP contribution in [0.3, 0.4) is 0 Å². The van der Waals surface area contributed by atoms with E-state index in [1.54, 1.807) is 6.92 Å². The molecule has 1 rings (SSSR count). The van der Waals surface area contributed by atoms with Crippen LogP contribution >= 0.6 is 0 Å². The lowest BCUT2D eigenvalue weighted by atomic mass is 9.94. The Kier molecular flexibility index (Phi) is 5.12. The molecule has 3 nitrogen and oxygen atoms in total. The number of hydrogen-bond acceptors (Lipinski definition) is 2. The highest BCUT2D eigenvalue weighted by Crippen LogP contribution is 2.20. The van der Waals surface area contributed by atoms with Crippen LogP contribution in [0.5, 0.6) is 0 Å². The molecule has 0 radical (unpaired) electrons. The second kappa shape index (κ2) is 6.20. The molecule has 2 atom stereocenters. The van der Waals surface area contributed by atoms with Crippen molar-refractivity contribution in [1.82, 2.24) is 5.32 Å². The molecule has 19 heavy (non-hydrogen) atoms. The van der Waals surface area contributed by atoms with Crippen LogP contribution in [-0.2, 0) is 4.79 Å². The maximum atomic E-state index is 12.2. The van der Waals surface area contributed by atoms with Gasteiger partial charge in [-0.15, -0.1) is 0 Å². The lowest BCUT2D eigenvalue weighted by Crippen LogP contribution is -2.52. The first-order valence-electron chi connectivity index (χ1n) is 6.95. The standard InChI is InChI=1S/C16H26N2O/c1-6-9-16(5,17)15(19)18-13(4)14-8-7-11(2)10-12(14)3/h7-8,10,13H,6,9,17H2,1-5H3,(H,18,19). The molecule has 0 saturated heterocycles. The summed E-state index contributed by atoms with van der Waals surface area (Å²) in [7, 11) is 0. The fourth-order valence-corrected chi connectivity index (χ4v) is 2.38. The smallest absolute Gasteiger partial charge is 0.240 e. The van der Waals surface area contributed by atoms with Crippen LogP contribution < -0.4 is 11.1 Å². The third-order valence-electron chi connectivity index (χ3n) is 3.53. The van der Waals surface area contributed by atoms with E-state index in [1.165, 1.54) is 11.1 Å².